The summed E-state index contributed by atoms with van der Waals surface area (Å²) in [6.45, 7) is 0.0564. The van der Waals surface area contributed by atoms with Gasteiger partial charge in [-0.3, -0.25) is 0 Å². The highest BCUT2D eigenvalue weighted by atomic mass is 79.9. The zero-order valence-corrected chi connectivity index (χ0v) is 11.3. The standard InChI is InChI=1S/C10H13BrClNO3/c1-15-9-5(11)3-6(12)8(7(14)4-13)10(9)16-2/h3,7,14H,4,13H2,1-2H3. The quantitative estimate of drug-likeness (QED) is 0.894. The van der Waals surface area contributed by atoms with Crippen LogP contribution in [-0.4, -0.2) is 25.9 Å². The van der Waals surface area contributed by atoms with E-state index < -0.39 is 6.10 Å². The van der Waals surface area contributed by atoms with Crippen molar-refractivity contribution < 1.29 is 14.6 Å². The highest BCUT2D eigenvalue weighted by Crippen LogP contribution is 2.44. The van der Waals surface area contributed by atoms with Crippen LogP contribution in [0.4, 0.5) is 0 Å². The lowest BCUT2D eigenvalue weighted by Gasteiger charge is -2.18. The van der Waals surface area contributed by atoms with Gasteiger partial charge in [0.05, 0.1) is 29.8 Å². The van der Waals surface area contributed by atoms with Gasteiger partial charge in [-0.15, -0.1) is 0 Å². The van der Waals surface area contributed by atoms with Crippen LogP contribution in [0, 0.1) is 0 Å². The number of aliphatic hydroxyl groups excluding tert-OH is 1. The highest BCUT2D eigenvalue weighted by molar-refractivity contribution is 9.10. The Morgan fingerprint density at radius 3 is 2.44 bits per heavy atom. The molecule has 0 aliphatic carbocycles. The first-order valence-electron chi connectivity index (χ1n) is 4.54. The Kier molecular flexibility index (Phi) is 4.86. The lowest BCUT2D eigenvalue weighted by Crippen LogP contribution is -2.13. The van der Waals surface area contributed by atoms with Gasteiger partial charge < -0.3 is 20.3 Å². The van der Waals surface area contributed by atoms with Crippen LogP contribution in [0.5, 0.6) is 11.5 Å². The Balaban J connectivity index is 3.45. The van der Waals surface area contributed by atoms with Crippen LogP contribution in [0.2, 0.25) is 5.02 Å². The van der Waals surface area contributed by atoms with E-state index in [9.17, 15) is 5.11 Å². The highest BCUT2D eigenvalue weighted by Gasteiger charge is 2.22. The van der Waals surface area contributed by atoms with E-state index in [4.69, 9.17) is 26.8 Å². The minimum Gasteiger partial charge on any atom is -0.492 e. The number of hydrogen-bond acceptors (Lipinski definition) is 4. The Bertz CT molecular complexity index is 387. The largest absolute Gasteiger partial charge is 0.492 e. The molecular weight excluding hydrogens is 297 g/mol. The van der Waals surface area contributed by atoms with E-state index in [0.29, 0.717) is 26.6 Å². The zero-order valence-electron chi connectivity index (χ0n) is 8.96. The van der Waals surface area contributed by atoms with Gasteiger partial charge in [-0.1, -0.05) is 11.6 Å². The van der Waals surface area contributed by atoms with Gasteiger partial charge in [0.15, 0.2) is 11.5 Å². The number of nitrogens with two attached hydrogens (primary N) is 1. The molecule has 0 radical (unpaired) electrons. The molecule has 0 saturated heterocycles. The molecule has 6 heteroatoms. The molecule has 3 N–H and O–H groups in total. The molecule has 0 spiro atoms. The lowest BCUT2D eigenvalue weighted by atomic mass is 10.1. The summed E-state index contributed by atoms with van der Waals surface area (Å²) in [5, 5.41) is 10.1. The first kappa shape index (κ1) is 13.6. The van der Waals surface area contributed by atoms with Crippen molar-refractivity contribution in [1.29, 1.82) is 0 Å². The van der Waals surface area contributed by atoms with E-state index in [-0.39, 0.29) is 6.54 Å². The Morgan fingerprint density at radius 1 is 1.44 bits per heavy atom. The minimum absolute atomic E-state index is 0.0564. The maximum absolute atomic E-state index is 9.77. The molecule has 1 aromatic rings. The van der Waals surface area contributed by atoms with Crippen molar-refractivity contribution in [2.24, 2.45) is 5.73 Å². The molecule has 0 amide bonds. The second-order valence-electron chi connectivity index (χ2n) is 3.07. The number of ether oxygens (including phenoxy) is 2. The van der Waals surface area contributed by atoms with Gasteiger partial charge in [0.1, 0.15) is 0 Å². The van der Waals surface area contributed by atoms with E-state index in [2.05, 4.69) is 15.9 Å². The fourth-order valence-electron chi connectivity index (χ4n) is 1.41. The van der Waals surface area contributed by atoms with E-state index in [1.807, 2.05) is 0 Å². The predicted octanol–water partition coefficient (Wildman–Crippen LogP) is 2.11. The van der Waals surface area contributed by atoms with Crippen molar-refractivity contribution in [3.63, 3.8) is 0 Å². The zero-order chi connectivity index (χ0) is 12.3. The summed E-state index contributed by atoms with van der Waals surface area (Å²) >= 11 is 9.34. The van der Waals surface area contributed by atoms with E-state index in [1.165, 1.54) is 14.2 Å². The van der Waals surface area contributed by atoms with Gasteiger partial charge in [0.25, 0.3) is 0 Å². The van der Waals surface area contributed by atoms with Gasteiger partial charge in [-0.25, -0.2) is 0 Å². The smallest absolute Gasteiger partial charge is 0.175 e. The molecule has 1 unspecified atom stereocenters. The van der Waals surface area contributed by atoms with Crippen molar-refractivity contribution in [1.82, 2.24) is 0 Å². The molecule has 1 rings (SSSR count). The first-order valence-corrected chi connectivity index (χ1v) is 5.71. The number of rotatable bonds is 4. The molecular formula is C10H13BrClNO3. The van der Waals surface area contributed by atoms with Crippen LogP contribution in [0.25, 0.3) is 0 Å². The number of hydrogen-bond donors (Lipinski definition) is 2. The van der Waals surface area contributed by atoms with E-state index >= 15 is 0 Å². The van der Waals surface area contributed by atoms with Gasteiger partial charge in [0.2, 0.25) is 0 Å². The van der Waals surface area contributed by atoms with Gasteiger partial charge in [-0.2, -0.15) is 0 Å². The molecule has 0 bridgehead atoms. The van der Waals surface area contributed by atoms with Crippen LogP contribution in [-0.2, 0) is 0 Å². The minimum atomic E-state index is -0.885. The number of methoxy groups -OCH3 is 2. The fraction of sp³-hybridized carbons (Fsp3) is 0.400. The molecule has 0 aromatic heterocycles. The molecule has 0 aliphatic rings. The third kappa shape index (κ3) is 2.43. The molecule has 0 fully saturated rings. The molecule has 4 nitrogen and oxygen atoms in total. The van der Waals surface area contributed by atoms with Crippen LogP contribution in [0.1, 0.15) is 11.7 Å². The molecule has 0 heterocycles. The van der Waals surface area contributed by atoms with Crippen molar-refractivity contribution in [3.8, 4) is 11.5 Å². The summed E-state index contributed by atoms with van der Waals surface area (Å²) in [6.07, 6.45) is -0.885. The van der Waals surface area contributed by atoms with Crippen LogP contribution in [0.15, 0.2) is 10.5 Å². The number of benzene rings is 1. The Morgan fingerprint density at radius 2 is 2.00 bits per heavy atom. The normalized spacial score (nSPS) is 12.4. The third-order valence-electron chi connectivity index (χ3n) is 2.14. The summed E-state index contributed by atoms with van der Waals surface area (Å²) in [4.78, 5) is 0. The Labute approximate surface area is 107 Å². The summed E-state index contributed by atoms with van der Waals surface area (Å²) in [5.41, 5.74) is 5.85. The average Bonchev–Trinajstić information content (AvgIpc) is 2.27. The number of aliphatic hydroxyl groups is 1. The molecule has 90 valence electrons. The predicted molar refractivity (Wildman–Crippen MR) is 66.3 cm³/mol. The molecule has 1 atom stereocenters. The molecule has 0 aliphatic heterocycles. The van der Waals surface area contributed by atoms with Gasteiger partial charge >= 0.3 is 0 Å². The average molecular weight is 311 g/mol. The number of halogens is 2. The van der Waals surface area contributed by atoms with E-state index in [1.54, 1.807) is 6.07 Å². The van der Waals surface area contributed by atoms with Gasteiger partial charge in [-0.05, 0) is 22.0 Å². The van der Waals surface area contributed by atoms with Crippen LogP contribution >= 0.6 is 27.5 Å². The van der Waals surface area contributed by atoms with E-state index in [0.717, 1.165) is 0 Å². The maximum Gasteiger partial charge on any atom is 0.175 e. The molecule has 1 aromatic carbocycles. The van der Waals surface area contributed by atoms with Crippen LogP contribution < -0.4 is 15.2 Å². The summed E-state index contributed by atoms with van der Waals surface area (Å²) in [7, 11) is 2.99. The van der Waals surface area contributed by atoms with Crippen molar-refractivity contribution in [3.05, 3.63) is 21.1 Å². The molecule has 0 saturated carbocycles. The molecule has 16 heavy (non-hydrogen) atoms. The van der Waals surface area contributed by atoms with Crippen LogP contribution in [0.3, 0.4) is 0 Å². The Hall–Kier alpha value is -0.490. The lowest BCUT2D eigenvalue weighted by molar-refractivity contribution is 0.181. The monoisotopic (exact) mass is 309 g/mol. The summed E-state index contributed by atoms with van der Waals surface area (Å²) in [6, 6.07) is 1.64. The van der Waals surface area contributed by atoms with Crippen molar-refractivity contribution in [2.45, 2.75) is 6.10 Å². The van der Waals surface area contributed by atoms with Gasteiger partial charge in [0, 0.05) is 12.1 Å². The second-order valence-corrected chi connectivity index (χ2v) is 4.33. The first-order chi connectivity index (χ1) is 7.56. The second kappa shape index (κ2) is 5.72. The topological polar surface area (TPSA) is 64.7 Å². The maximum atomic E-state index is 9.77. The third-order valence-corrected chi connectivity index (χ3v) is 3.04. The summed E-state index contributed by atoms with van der Waals surface area (Å²) in [5.74, 6) is 0.870. The van der Waals surface area contributed by atoms with Crippen molar-refractivity contribution >= 4 is 27.5 Å². The fourth-order valence-corrected chi connectivity index (χ4v) is 2.44. The summed E-state index contributed by atoms with van der Waals surface area (Å²) < 4.78 is 11.0. The SMILES string of the molecule is COc1c(Br)cc(Cl)c(C(O)CN)c1OC. The van der Waals surface area contributed by atoms with Crippen molar-refractivity contribution in [2.75, 3.05) is 20.8 Å².